The molecule has 0 bridgehead atoms. The van der Waals surface area contributed by atoms with E-state index in [-0.39, 0.29) is 5.54 Å². The van der Waals surface area contributed by atoms with E-state index in [0.29, 0.717) is 6.04 Å². The Balaban J connectivity index is 2.01. The topological polar surface area (TPSA) is 32.5 Å². The Morgan fingerprint density at radius 3 is 2.38 bits per heavy atom. The zero-order chi connectivity index (χ0) is 11.8. The fourth-order valence-electron chi connectivity index (χ4n) is 3.06. The zero-order valence-corrected chi connectivity index (χ0v) is 11.1. The SMILES string of the molecule is CC(C1CC1)N(C)C1(CN)CCN(C)CC1. The molecule has 1 atom stereocenters. The third kappa shape index (κ3) is 2.27. The molecule has 2 aliphatic rings. The van der Waals surface area contributed by atoms with E-state index in [0.717, 1.165) is 12.5 Å². The molecule has 0 aromatic heterocycles. The molecule has 94 valence electrons. The molecular weight excluding hydrogens is 198 g/mol. The number of nitrogens with two attached hydrogens (primary N) is 1. The summed E-state index contributed by atoms with van der Waals surface area (Å²) < 4.78 is 0. The molecule has 2 rings (SSSR count). The van der Waals surface area contributed by atoms with Crippen LogP contribution in [0, 0.1) is 5.92 Å². The van der Waals surface area contributed by atoms with Gasteiger partial charge in [-0.15, -0.1) is 0 Å². The van der Waals surface area contributed by atoms with Gasteiger partial charge < -0.3 is 10.6 Å². The lowest BCUT2D eigenvalue weighted by Crippen LogP contribution is -2.60. The van der Waals surface area contributed by atoms with Gasteiger partial charge in [0.05, 0.1) is 0 Å². The van der Waals surface area contributed by atoms with Crippen molar-refractivity contribution >= 4 is 0 Å². The highest BCUT2D eigenvalue weighted by Crippen LogP contribution is 2.39. The lowest BCUT2D eigenvalue weighted by atomic mass is 9.84. The van der Waals surface area contributed by atoms with Crippen LogP contribution in [0.2, 0.25) is 0 Å². The molecule has 3 heteroatoms. The predicted octanol–water partition coefficient (Wildman–Crippen LogP) is 1.14. The van der Waals surface area contributed by atoms with Crippen molar-refractivity contribution in [3.8, 4) is 0 Å². The molecule has 1 saturated heterocycles. The summed E-state index contributed by atoms with van der Waals surface area (Å²) in [5, 5.41) is 0. The molecule has 3 nitrogen and oxygen atoms in total. The predicted molar refractivity (Wildman–Crippen MR) is 68.5 cm³/mol. The summed E-state index contributed by atoms with van der Waals surface area (Å²) in [5.74, 6) is 0.938. The van der Waals surface area contributed by atoms with Gasteiger partial charge in [0.2, 0.25) is 0 Å². The fourth-order valence-corrected chi connectivity index (χ4v) is 3.06. The van der Waals surface area contributed by atoms with Crippen LogP contribution < -0.4 is 5.73 Å². The molecule has 0 spiro atoms. The van der Waals surface area contributed by atoms with Crippen LogP contribution in [0.3, 0.4) is 0 Å². The summed E-state index contributed by atoms with van der Waals surface area (Å²) in [7, 11) is 4.51. The van der Waals surface area contributed by atoms with Gasteiger partial charge in [0.15, 0.2) is 0 Å². The molecule has 0 aromatic rings. The molecule has 1 aliphatic carbocycles. The van der Waals surface area contributed by atoms with Crippen LogP contribution in [0.4, 0.5) is 0 Å². The van der Waals surface area contributed by atoms with Crippen molar-refractivity contribution in [1.29, 1.82) is 0 Å². The second kappa shape index (κ2) is 4.63. The highest BCUT2D eigenvalue weighted by molar-refractivity contribution is 4.99. The zero-order valence-electron chi connectivity index (χ0n) is 11.1. The van der Waals surface area contributed by atoms with E-state index in [9.17, 15) is 0 Å². The number of piperidine rings is 1. The van der Waals surface area contributed by atoms with Gasteiger partial charge in [-0.3, -0.25) is 4.90 Å². The summed E-state index contributed by atoms with van der Waals surface area (Å²) in [5.41, 5.74) is 6.36. The summed E-state index contributed by atoms with van der Waals surface area (Å²) in [6.45, 7) is 5.58. The Hall–Kier alpha value is -0.120. The van der Waals surface area contributed by atoms with E-state index < -0.39 is 0 Å². The van der Waals surface area contributed by atoms with Crippen LogP contribution in [-0.4, -0.2) is 55.1 Å². The van der Waals surface area contributed by atoms with Crippen molar-refractivity contribution in [2.45, 2.75) is 44.2 Å². The van der Waals surface area contributed by atoms with Crippen LogP contribution in [0.5, 0.6) is 0 Å². The number of rotatable bonds is 4. The minimum atomic E-state index is 0.272. The van der Waals surface area contributed by atoms with Crippen molar-refractivity contribution in [2.24, 2.45) is 11.7 Å². The molecule has 1 aliphatic heterocycles. The fraction of sp³-hybridized carbons (Fsp3) is 1.00. The largest absolute Gasteiger partial charge is 0.329 e. The Morgan fingerprint density at radius 1 is 1.38 bits per heavy atom. The summed E-state index contributed by atoms with van der Waals surface area (Å²) in [6.07, 6.45) is 5.30. The maximum Gasteiger partial charge on any atom is 0.0355 e. The standard InChI is InChI=1S/C13H27N3/c1-11(12-4-5-12)16(3)13(10-14)6-8-15(2)9-7-13/h11-12H,4-10,14H2,1-3H3. The smallest absolute Gasteiger partial charge is 0.0355 e. The molecule has 1 saturated carbocycles. The van der Waals surface area contributed by atoms with Crippen LogP contribution in [-0.2, 0) is 0 Å². The summed E-state index contributed by atoms with van der Waals surface area (Å²) in [4.78, 5) is 5.02. The van der Waals surface area contributed by atoms with Crippen LogP contribution in [0.1, 0.15) is 32.6 Å². The average Bonchev–Trinajstić information content (AvgIpc) is 3.13. The maximum atomic E-state index is 6.08. The highest BCUT2D eigenvalue weighted by atomic mass is 15.2. The number of hydrogen-bond acceptors (Lipinski definition) is 3. The van der Waals surface area contributed by atoms with Crippen molar-refractivity contribution in [3.63, 3.8) is 0 Å². The molecule has 0 aromatic carbocycles. The monoisotopic (exact) mass is 225 g/mol. The molecule has 1 unspecified atom stereocenters. The Bertz CT molecular complexity index is 229. The van der Waals surface area contributed by atoms with E-state index >= 15 is 0 Å². The third-order valence-electron chi connectivity index (χ3n) is 4.96. The maximum absolute atomic E-state index is 6.08. The van der Waals surface area contributed by atoms with Crippen molar-refractivity contribution in [3.05, 3.63) is 0 Å². The van der Waals surface area contributed by atoms with Gasteiger partial charge in [0.25, 0.3) is 0 Å². The Labute approximate surface area is 100.0 Å². The van der Waals surface area contributed by atoms with Crippen molar-refractivity contribution in [2.75, 3.05) is 33.7 Å². The molecule has 0 amide bonds. The van der Waals surface area contributed by atoms with Gasteiger partial charge >= 0.3 is 0 Å². The van der Waals surface area contributed by atoms with Gasteiger partial charge in [-0.25, -0.2) is 0 Å². The lowest BCUT2D eigenvalue weighted by molar-refractivity contribution is 0.0214. The van der Waals surface area contributed by atoms with E-state index in [2.05, 4.69) is 30.8 Å². The molecule has 0 radical (unpaired) electrons. The van der Waals surface area contributed by atoms with E-state index in [1.165, 1.54) is 38.8 Å². The molecular formula is C13H27N3. The van der Waals surface area contributed by atoms with Gasteiger partial charge in [0, 0.05) is 18.1 Å². The lowest BCUT2D eigenvalue weighted by Gasteiger charge is -2.49. The molecule has 2 fully saturated rings. The van der Waals surface area contributed by atoms with Crippen LogP contribution in [0.15, 0.2) is 0 Å². The molecule has 1 heterocycles. The van der Waals surface area contributed by atoms with Crippen LogP contribution >= 0.6 is 0 Å². The second-order valence-electron chi connectivity index (χ2n) is 5.92. The average molecular weight is 225 g/mol. The van der Waals surface area contributed by atoms with Gasteiger partial charge in [-0.2, -0.15) is 0 Å². The Morgan fingerprint density at radius 2 is 1.94 bits per heavy atom. The van der Waals surface area contributed by atoms with Crippen LogP contribution in [0.25, 0.3) is 0 Å². The Kier molecular flexibility index (Phi) is 3.57. The van der Waals surface area contributed by atoms with Gasteiger partial charge in [0.1, 0.15) is 0 Å². The van der Waals surface area contributed by atoms with Crippen molar-refractivity contribution < 1.29 is 0 Å². The minimum absolute atomic E-state index is 0.272. The normalized spacial score (nSPS) is 28.3. The van der Waals surface area contributed by atoms with Crippen molar-refractivity contribution in [1.82, 2.24) is 9.80 Å². The van der Waals surface area contributed by atoms with E-state index in [4.69, 9.17) is 5.73 Å². The van der Waals surface area contributed by atoms with Gasteiger partial charge in [-0.05, 0) is 65.7 Å². The second-order valence-corrected chi connectivity index (χ2v) is 5.92. The van der Waals surface area contributed by atoms with Gasteiger partial charge in [-0.1, -0.05) is 0 Å². The number of likely N-dealkylation sites (N-methyl/N-ethyl adjacent to an activating group) is 1. The van der Waals surface area contributed by atoms with E-state index in [1.54, 1.807) is 0 Å². The summed E-state index contributed by atoms with van der Waals surface area (Å²) in [6, 6.07) is 0.715. The third-order valence-corrected chi connectivity index (χ3v) is 4.96. The highest BCUT2D eigenvalue weighted by Gasteiger charge is 2.42. The molecule has 16 heavy (non-hydrogen) atoms. The first-order valence-corrected chi connectivity index (χ1v) is 6.70. The molecule has 2 N–H and O–H groups in total. The summed E-state index contributed by atoms with van der Waals surface area (Å²) >= 11 is 0. The number of nitrogens with zero attached hydrogens (tertiary/aromatic N) is 2. The minimum Gasteiger partial charge on any atom is -0.329 e. The van der Waals surface area contributed by atoms with E-state index in [1.807, 2.05) is 0 Å². The number of likely N-dealkylation sites (tertiary alicyclic amines) is 1. The first kappa shape index (κ1) is 12.3. The number of hydrogen-bond donors (Lipinski definition) is 1. The first-order valence-electron chi connectivity index (χ1n) is 6.70. The quantitative estimate of drug-likeness (QED) is 0.779. The first-order chi connectivity index (χ1) is 7.59.